The first kappa shape index (κ1) is 13.7. The quantitative estimate of drug-likeness (QED) is 0.938. The lowest BCUT2D eigenvalue weighted by Crippen LogP contribution is -2.01. The van der Waals surface area contributed by atoms with Crippen molar-refractivity contribution < 1.29 is 9.47 Å². The zero-order valence-corrected chi connectivity index (χ0v) is 12.4. The Morgan fingerprint density at radius 3 is 2.58 bits per heavy atom. The third-order valence-electron chi connectivity index (χ3n) is 2.81. The molecule has 0 aliphatic carbocycles. The first-order valence-corrected chi connectivity index (χ1v) is 6.57. The van der Waals surface area contributed by atoms with Gasteiger partial charge in [-0.3, -0.25) is 0 Å². The molecule has 19 heavy (non-hydrogen) atoms. The molecule has 0 spiro atoms. The van der Waals surface area contributed by atoms with Gasteiger partial charge in [-0.05, 0) is 46.1 Å². The van der Waals surface area contributed by atoms with Crippen LogP contribution in [0.3, 0.4) is 0 Å². The molecule has 0 aliphatic heterocycles. The molecule has 0 unspecified atom stereocenters. The Hall–Kier alpha value is -1.75. The highest BCUT2D eigenvalue weighted by Crippen LogP contribution is 2.29. The average Bonchev–Trinajstić information content (AvgIpc) is 2.45. The number of ether oxygens (including phenoxy) is 2. The van der Waals surface area contributed by atoms with E-state index in [1.807, 2.05) is 31.2 Å². The van der Waals surface area contributed by atoms with Crippen molar-refractivity contribution in [2.75, 3.05) is 12.8 Å². The summed E-state index contributed by atoms with van der Waals surface area (Å²) in [4.78, 5) is 4.17. The zero-order chi connectivity index (χ0) is 13.8. The molecule has 0 radical (unpaired) electrons. The van der Waals surface area contributed by atoms with Gasteiger partial charge in [-0.25, -0.2) is 4.98 Å². The maximum Gasteiger partial charge on any atom is 0.228 e. The summed E-state index contributed by atoms with van der Waals surface area (Å²) in [5.41, 5.74) is 8.38. The maximum atomic E-state index is 5.77. The molecule has 4 nitrogen and oxygen atoms in total. The molecule has 1 heterocycles. The van der Waals surface area contributed by atoms with E-state index < -0.39 is 0 Å². The van der Waals surface area contributed by atoms with Crippen LogP contribution in [0.1, 0.15) is 11.1 Å². The van der Waals surface area contributed by atoms with Crippen LogP contribution in [-0.2, 0) is 6.61 Å². The Bertz CT molecular complexity index is 570. The van der Waals surface area contributed by atoms with E-state index >= 15 is 0 Å². The summed E-state index contributed by atoms with van der Waals surface area (Å²) in [6.45, 7) is 2.36. The first-order chi connectivity index (χ1) is 9.11. The van der Waals surface area contributed by atoms with Crippen LogP contribution < -0.4 is 15.2 Å². The summed E-state index contributed by atoms with van der Waals surface area (Å²) in [6, 6.07) is 7.71. The molecule has 2 rings (SSSR count). The third kappa shape index (κ3) is 3.17. The Morgan fingerprint density at radius 1 is 1.26 bits per heavy atom. The second-order valence-electron chi connectivity index (χ2n) is 4.09. The van der Waals surface area contributed by atoms with E-state index in [0.717, 1.165) is 21.3 Å². The number of methoxy groups -OCH3 is 1. The van der Waals surface area contributed by atoms with Crippen molar-refractivity contribution in [3.8, 4) is 11.6 Å². The molecule has 2 aromatic rings. The molecule has 100 valence electrons. The summed E-state index contributed by atoms with van der Waals surface area (Å²) < 4.78 is 11.6. The second kappa shape index (κ2) is 5.93. The molecular weight excluding hydrogens is 308 g/mol. The van der Waals surface area contributed by atoms with Gasteiger partial charge in [0.05, 0.1) is 23.5 Å². The second-order valence-corrected chi connectivity index (χ2v) is 4.89. The van der Waals surface area contributed by atoms with E-state index in [9.17, 15) is 0 Å². The van der Waals surface area contributed by atoms with Crippen molar-refractivity contribution in [1.82, 2.24) is 4.98 Å². The smallest absolute Gasteiger partial charge is 0.228 e. The van der Waals surface area contributed by atoms with Gasteiger partial charge in [-0.2, -0.15) is 0 Å². The minimum Gasteiger partial charge on any atom is -0.497 e. The lowest BCUT2D eigenvalue weighted by atomic mass is 10.2. The standard InChI is InChI=1S/C14H15BrN2O2/c1-9-12(16)7-17-14(13(9)15)19-8-10-3-5-11(18-2)6-4-10/h3-7H,8,16H2,1-2H3. The van der Waals surface area contributed by atoms with Gasteiger partial charge < -0.3 is 15.2 Å². The Kier molecular flexibility index (Phi) is 4.27. The zero-order valence-electron chi connectivity index (χ0n) is 10.8. The van der Waals surface area contributed by atoms with Crippen molar-refractivity contribution in [2.24, 2.45) is 0 Å². The van der Waals surface area contributed by atoms with Crippen LogP contribution in [0.4, 0.5) is 5.69 Å². The fraction of sp³-hybridized carbons (Fsp3) is 0.214. The fourth-order valence-electron chi connectivity index (χ4n) is 1.54. The number of hydrogen-bond acceptors (Lipinski definition) is 4. The highest BCUT2D eigenvalue weighted by atomic mass is 79.9. The van der Waals surface area contributed by atoms with Gasteiger partial charge in [0.25, 0.3) is 0 Å². The highest BCUT2D eigenvalue weighted by Gasteiger charge is 2.08. The average molecular weight is 323 g/mol. The molecule has 0 bridgehead atoms. The van der Waals surface area contributed by atoms with Crippen molar-refractivity contribution in [1.29, 1.82) is 0 Å². The van der Waals surface area contributed by atoms with Crippen LogP contribution in [0, 0.1) is 6.92 Å². The normalized spacial score (nSPS) is 10.3. The molecule has 0 atom stereocenters. The van der Waals surface area contributed by atoms with E-state index in [1.54, 1.807) is 13.3 Å². The van der Waals surface area contributed by atoms with Crippen LogP contribution in [0.15, 0.2) is 34.9 Å². The number of anilines is 1. The number of benzene rings is 1. The van der Waals surface area contributed by atoms with E-state index in [0.29, 0.717) is 18.2 Å². The lowest BCUT2D eigenvalue weighted by molar-refractivity contribution is 0.291. The molecule has 1 aromatic carbocycles. The SMILES string of the molecule is COc1ccc(COc2ncc(N)c(C)c2Br)cc1. The van der Waals surface area contributed by atoms with Crippen LogP contribution in [0.25, 0.3) is 0 Å². The highest BCUT2D eigenvalue weighted by molar-refractivity contribution is 9.10. The van der Waals surface area contributed by atoms with Gasteiger partial charge >= 0.3 is 0 Å². The van der Waals surface area contributed by atoms with Gasteiger partial charge in [0.15, 0.2) is 0 Å². The minimum absolute atomic E-state index is 0.443. The fourth-order valence-corrected chi connectivity index (χ4v) is 1.99. The number of nitrogens with zero attached hydrogens (tertiary/aromatic N) is 1. The molecular formula is C14H15BrN2O2. The minimum atomic E-state index is 0.443. The largest absolute Gasteiger partial charge is 0.497 e. The first-order valence-electron chi connectivity index (χ1n) is 5.78. The van der Waals surface area contributed by atoms with Crippen LogP contribution in [0.5, 0.6) is 11.6 Å². The van der Waals surface area contributed by atoms with Crippen LogP contribution in [0.2, 0.25) is 0 Å². The predicted octanol–water partition coefficient (Wildman–Crippen LogP) is 3.32. The summed E-state index contributed by atoms with van der Waals surface area (Å²) >= 11 is 3.44. The van der Waals surface area contributed by atoms with E-state index in [1.165, 1.54) is 0 Å². The number of rotatable bonds is 4. The monoisotopic (exact) mass is 322 g/mol. The molecule has 0 fully saturated rings. The van der Waals surface area contributed by atoms with E-state index in [4.69, 9.17) is 15.2 Å². The molecule has 0 aliphatic rings. The van der Waals surface area contributed by atoms with Crippen molar-refractivity contribution >= 4 is 21.6 Å². The van der Waals surface area contributed by atoms with Gasteiger partial charge in [-0.1, -0.05) is 12.1 Å². The van der Waals surface area contributed by atoms with E-state index in [-0.39, 0.29) is 0 Å². The Morgan fingerprint density at radius 2 is 1.95 bits per heavy atom. The third-order valence-corrected chi connectivity index (χ3v) is 3.74. The lowest BCUT2D eigenvalue weighted by Gasteiger charge is -2.10. The summed E-state index contributed by atoms with van der Waals surface area (Å²) in [6.07, 6.45) is 1.60. The molecule has 0 amide bonds. The summed E-state index contributed by atoms with van der Waals surface area (Å²) in [5.74, 6) is 1.37. The molecule has 2 N–H and O–H groups in total. The topological polar surface area (TPSA) is 57.4 Å². The number of aromatic nitrogens is 1. The number of nitrogen functional groups attached to an aromatic ring is 1. The van der Waals surface area contributed by atoms with Gasteiger partial charge in [0.1, 0.15) is 12.4 Å². The Labute approximate surface area is 120 Å². The number of nitrogens with two attached hydrogens (primary N) is 1. The molecule has 1 aromatic heterocycles. The van der Waals surface area contributed by atoms with Gasteiger partial charge in [-0.15, -0.1) is 0 Å². The van der Waals surface area contributed by atoms with Gasteiger partial charge in [0.2, 0.25) is 5.88 Å². The van der Waals surface area contributed by atoms with Gasteiger partial charge in [0, 0.05) is 0 Å². The van der Waals surface area contributed by atoms with E-state index in [2.05, 4.69) is 20.9 Å². The van der Waals surface area contributed by atoms with Crippen molar-refractivity contribution in [2.45, 2.75) is 13.5 Å². The molecule has 0 saturated heterocycles. The Balaban J connectivity index is 2.08. The van der Waals surface area contributed by atoms with Crippen LogP contribution in [-0.4, -0.2) is 12.1 Å². The molecule has 5 heteroatoms. The summed E-state index contributed by atoms with van der Waals surface area (Å²) in [7, 11) is 1.64. The number of halogens is 1. The molecule has 0 saturated carbocycles. The number of pyridine rings is 1. The number of hydrogen-bond donors (Lipinski definition) is 1. The predicted molar refractivity (Wildman–Crippen MR) is 78.4 cm³/mol. The van der Waals surface area contributed by atoms with Crippen molar-refractivity contribution in [3.63, 3.8) is 0 Å². The van der Waals surface area contributed by atoms with Crippen LogP contribution >= 0.6 is 15.9 Å². The maximum absolute atomic E-state index is 5.77. The summed E-state index contributed by atoms with van der Waals surface area (Å²) in [5, 5.41) is 0. The van der Waals surface area contributed by atoms with Crippen molar-refractivity contribution in [3.05, 3.63) is 46.1 Å².